The fraction of sp³-hybridized carbons (Fsp3) is 0.0952. The Balaban J connectivity index is 1.81. The molecule has 0 saturated heterocycles. The molecule has 0 aliphatic heterocycles. The summed E-state index contributed by atoms with van der Waals surface area (Å²) in [6, 6.07) is 17.3. The number of para-hydroxylation sites is 3. The summed E-state index contributed by atoms with van der Waals surface area (Å²) in [5.41, 5.74) is 1.07. The molecule has 8 nitrogen and oxygen atoms in total. The lowest BCUT2D eigenvalue weighted by Gasteiger charge is -2.15. The number of rotatable bonds is 7. The summed E-state index contributed by atoms with van der Waals surface area (Å²) in [5, 5.41) is 5.36. The van der Waals surface area contributed by atoms with Crippen LogP contribution >= 0.6 is 15.9 Å². The topological polar surface area (TPSA) is 106 Å². The molecule has 0 bridgehead atoms. The SMILES string of the molecule is COc1ccc(S(=O)(=O)Nc2ccccc2NC(=O)Nc2ccccc2Br)cc1OC. The van der Waals surface area contributed by atoms with Gasteiger partial charge in [0.1, 0.15) is 0 Å². The molecule has 3 aromatic rings. The van der Waals surface area contributed by atoms with E-state index in [1.807, 2.05) is 6.07 Å². The van der Waals surface area contributed by atoms with E-state index in [0.717, 1.165) is 0 Å². The first kappa shape index (κ1) is 22.4. The Morgan fingerprint density at radius 3 is 2.03 bits per heavy atom. The number of nitrogens with one attached hydrogen (secondary N) is 3. The summed E-state index contributed by atoms with van der Waals surface area (Å²) >= 11 is 3.36. The van der Waals surface area contributed by atoms with Crippen molar-refractivity contribution < 1.29 is 22.7 Å². The molecule has 3 aromatic carbocycles. The predicted molar refractivity (Wildman–Crippen MR) is 124 cm³/mol. The second-order valence-electron chi connectivity index (χ2n) is 6.23. The molecule has 0 spiro atoms. The Bertz CT molecular complexity index is 1200. The zero-order valence-corrected chi connectivity index (χ0v) is 19.1. The van der Waals surface area contributed by atoms with Gasteiger partial charge in [-0.3, -0.25) is 4.72 Å². The molecule has 3 rings (SSSR count). The number of hydrogen-bond donors (Lipinski definition) is 3. The lowest BCUT2D eigenvalue weighted by Crippen LogP contribution is -2.21. The molecule has 3 N–H and O–H groups in total. The molecule has 10 heteroatoms. The molecule has 0 aliphatic carbocycles. The van der Waals surface area contributed by atoms with E-state index in [-0.39, 0.29) is 22.0 Å². The lowest BCUT2D eigenvalue weighted by atomic mass is 10.3. The molecule has 0 saturated carbocycles. The number of methoxy groups -OCH3 is 2. The van der Waals surface area contributed by atoms with Gasteiger partial charge in [0.15, 0.2) is 11.5 Å². The van der Waals surface area contributed by atoms with Gasteiger partial charge in [-0.15, -0.1) is 0 Å². The quantitative estimate of drug-likeness (QED) is 0.422. The maximum Gasteiger partial charge on any atom is 0.323 e. The van der Waals surface area contributed by atoms with E-state index in [1.54, 1.807) is 42.5 Å². The number of amides is 2. The number of halogens is 1. The van der Waals surface area contributed by atoms with Crippen molar-refractivity contribution in [2.75, 3.05) is 29.6 Å². The van der Waals surface area contributed by atoms with E-state index in [9.17, 15) is 13.2 Å². The zero-order chi connectivity index (χ0) is 22.4. The summed E-state index contributed by atoms with van der Waals surface area (Å²) in [6.45, 7) is 0. The summed E-state index contributed by atoms with van der Waals surface area (Å²) in [7, 11) is -1.07. The number of sulfonamides is 1. The van der Waals surface area contributed by atoms with Gasteiger partial charge in [-0.2, -0.15) is 0 Å². The first-order valence-corrected chi connectivity index (χ1v) is 11.3. The number of carbonyl (C=O) groups excluding carboxylic acids is 1. The number of carbonyl (C=O) groups is 1. The largest absolute Gasteiger partial charge is 0.493 e. The van der Waals surface area contributed by atoms with Crippen LogP contribution in [-0.4, -0.2) is 28.7 Å². The fourth-order valence-corrected chi connectivity index (χ4v) is 4.19. The van der Waals surface area contributed by atoms with E-state index < -0.39 is 16.1 Å². The van der Waals surface area contributed by atoms with Crippen LogP contribution in [0.4, 0.5) is 21.9 Å². The Morgan fingerprint density at radius 2 is 1.39 bits per heavy atom. The van der Waals surface area contributed by atoms with Crippen molar-refractivity contribution in [2.45, 2.75) is 4.90 Å². The Morgan fingerprint density at radius 1 is 0.806 bits per heavy atom. The Hall–Kier alpha value is -3.24. The van der Waals surface area contributed by atoms with E-state index in [2.05, 4.69) is 31.3 Å². The minimum absolute atomic E-state index is 0.0161. The molecular weight excluding hydrogens is 486 g/mol. The van der Waals surface area contributed by atoms with Crippen molar-refractivity contribution in [2.24, 2.45) is 0 Å². The standard InChI is InChI=1S/C21H20BrN3O5S/c1-29-19-12-11-14(13-20(19)30-2)31(27,28)25-18-10-6-5-9-17(18)24-21(26)23-16-8-4-3-7-15(16)22/h3-13,25H,1-2H3,(H2,23,24,26). The summed E-state index contributed by atoms with van der Waals surface area (Å²) in [4.78, 5) is 12.4. The average Bonchev–Trinajstić information content (AvgIpc) is 2.76. The molecule has 0 fully saturated rings. The van der Waals surface area contributed by atoms with Crippen LogP contribution in [0.5, 0.6) is 11.5 Å². The van der Waals surface area contributed by atoms with Gasteiger partial charge in [0.2, 0.25) is 0 Å². The number of benzene rings is 3. The second-order valence-corrected chi connectivity index (χ2v) is 8.76. The molecule has 0 unspecified atom stereocenters. The second kappa shape index (κ2) is 9.71. The van der Waals surface area contributed by atoms with Crippen LogP contribution in [0.2, 0.25) is 0 Å². The van der Waals surface area contributed by atoms with Gasteiger partial charge in [-0.05, 0) is 52.3 Å². The van der Waals surface area contributed by atoms with Crippen molar-refractivity contribution in [3.8, 4) is 11.5 Å². The molecule has 0 radical (unpaired) electrons. The molecule has 0 atom stereocenters. The highest BCUT2D eigenvalue weighted by molar-refractivity contribution is 9.10. The monoisotopic (exact) mass is 505 g/mol. The predicted octanol–water partition coefficient (Wildman–Crippen LogP) is 4.91. The van der Waals surface area contributed by atoms with Gasteiger partial charge < -0.3 is 20.1 Å². The first-order chi connectivity index (χ1) is 14.8. The van der Waals surface area contributed by atoms with E-state index in [4.69, 9.17) is 9.47 Å². The number of hydrogen-bond acceptors (Lipinski definition) is 5. The minimum Gasteiger partial charge on any atom is -0.493 e. The van der Waals surface area contributed by atoms with Gasteiger partial charge >= 0.3 is 6.03 Å². The molecule has 0 heterocycles. The summed E-state index contributed by atoms with van der Waals surface area (Å²) in [6.07, 6.45) is 0. The van der Waals surface area contributed by atoms with Gasteiger partial charge in [0.05, 0.1) is 36.2 Å². The maximum atomic E-state index is 12.9. The number of ether oxygens (including phenoxy) is 2. The zero-order valence-electron chi connectivity index (χ0n) is 16.7. The van der Waals surface area contributed by atoms with Crippen molar-refractivity contribution in [1.82, 2.24) is 0 Å². The van der Waals surface area contributed by atoms with E-state index >= 15 is 0 Å². The van der Waals surface area contributed by atoms with Crippen LogP contribution in [0.1, 0.15) is 0 Å². The minimum atomic E-state index is -3.96. The highest BCUT2D eigenvalue weighted by Crippen LogP contribution is 2.31. The van der Waals surface area contributed by atoms with Gasteiger partial charge in [-0.25, -0.2) is 13.2 Å². The normalized spacial score (nSPS) is 10.8. The summed E-state index contributed by atoms with van der Waals surface area (Å²) < 4.78 is 39.3. The van der Waals surface area contributed by atoms with E-state index in [0.29, 0.717) is 15.9 Å². The summed E-state index contributed by atoms with van der Waals surface area (Å²) in [5.74, 6) is 0.692. The first-order valence-electron chi connectivity index (χ1n) is 9.00. The fourth-order valence-electron chi connectivity index (χ4n) is 2.71. The third kappa shape index (κ3) is 5.47. The van der Waals surface area contributed by atoms with Crippen molar-refractivity contribution in [1.29, 1.82) is 0 Å². The van der Waals surface area contributed by atoms with E-state index in [1.165, 1.54) is 32.4 Å². The number of urea groups is 1. The molecular formula is C21H20BrN3O5S. The van der Waals surface area contributed by atoms with Crippen LogP contribution in [0.25, 0.3) is 0 Å². The molecule has 31 heavy (non-hydrogen) atoms. The third-order valence-electron chi connectivity index (χ3n) is 4.21. The van der Waals surface area contributed by atoms with Crippen LogP contribution < -0.4 is 24.8 Å². The maximum absolute atomic E-state index is 12.9. The highest BCUT2D eigenvalue weighted by Gasteiger charge is 2.19. The van der Waals surface area contributed by atoms with Gasteiger partial charge in [-0.1, -0.05) is 24.3 Å². The third-order valence-corrected chi connectivity index (χ3v) is 6.26. The smallest absolute Gasteiger partial charge is 0.323 e. The Kier molecular flexibility index (Phi) is 7.03. The lowest BCUT2D eigenvalue weighted by molar-refractivity contribution is 0.262. The van der Waals surface area contributed by atoms with Crippen molar-refractivity contribution in [3.05, 3.63) is 71.2 Å². The van der Waals surface area contributed by atoms with Crippen molar-refractivity contribution >= 4 is 49.0 Å². The van der Waals surface area contributed by atoms with Crippen LogP contribution in [0.15, 0.2) is 76.1 Å². The molecule has 0 aromatic heterocycles. The average molecular weight is 506 g/mol. The molecule has 2 amide bonds. The van der Waals surface area contributed by atoms with Crippen LogP contribution in [0, 0.1) is 0 Å². The van der Waals surface area contributed by atoms with Gasteiger partial charge in [0, 0.05) is 10.5 Å². The van der Waals surface area contributed by atoms with Crippen LogP contribution in [0.3, 0.4) is 0 Å². The Labute approximate surface area is 188 Å². The molecule has 0 aliphatic rings. The van der Waals surface area contributed by atoms with Crippen molar-refractivity contribution in [3.63, 3.8) is 0 Å². The number of anilines is 3. The molecule has 162 valence electrons. The van der Waals surface area contributed by atoms with Crippen LogP contribution in [-0.2, 0) is 10.0 Å². The highest BCUT2D eigenvalue weighted by atomic mass is 79.9. The van der Waals surface area contributed by atoms with Gasteiger partial charge in [0.25, 0.3) is 10.0 Å².